The predicted molar refractivity (Wildman–Crippen MR) is 34.6 cm³/mol. The van der Waals surface area contributed by atoms with Crippen molar-refractivity contribution in [3.05, 3.63) is 0 Å². The maximum absolute atomic E-state index is 9.68. The minimum absolute atomic E-state index is 0.292. The molecule has 0 rings (SSSR count). The van der Waals surface area contributed by atoms with Crippen LogP contribution in [0.15, 0.2) is 0 Å². The summed E-state index contributed by atoms with van der Waals surface area (Å²) in [5, 5.41) is 0. The molecule has 0 N–H and O–H groups in total. The SMILES string of the molecule is CSCCO[SH](=O)=O. The zero-order valence-electron chi connectivity index (χ0n) is 4.49. The predicted octanol–water partition coefficient (Wildman–Crippen LogP) is -0.108. The first-order valence-corrected chi connectivity index (χ1v) is 4.52. The van der Waals surface area contributed by atoms with Crippen LogP contribution in [-0.2, 0) is 15.2 Å². The molecule has 0 unspecified atom stereocenters. The zero-order chi connectivity index (χ0) is 6.41. The standard InChI is InChI=1S/C3H8O3S2/c1-7-3-2-6-8(4)5/h8H,2-3H2,1H3. The lowest BCUT2D eigenvalue weighted by atomic mass is 10.9. The van der Waals surface area contributed by atoms with E-state index in [9.17, 15) is 8.42 Å². The molecule has 0 spiro atoms. The first-order chi connectivity index (χ1) is 3.77. The number of thiol groups is 1. The highest BCUT2D eigenvalue weighted by Gasteiger charge is 1.83. The summed E-state index contributed by atoms with van der Waals surface area (Å²) in [7, 11) is -2.63. The highest BCUT2D eigenvalue weighted by molar-refractivity contribution is 7.98. The second kappa shape index (κ2) is 5.40. The first-order valence-electron chi connectivity index (χ1n) is 2.03. The molecule has 0 heterocycles. The van der Waals surface area contributed by atoms with Gasteiger partial charge in [-0.25, -0.2) is 8.42 Å². The van der Waals surface area contributed by atoms with Crippen LogP contribution in [0.5, 0.6) is 0 Å². The molecule has 0 aliphatic heterocycles. The minimum Gasteiger partial charge on any atom is -0.271 e. The molecule has 0 aliphatic carbocycles. The van der Waals surface area contributed by atoms with E-state index in [0.717, 1.165) is 5.75 Å². The third-order valence-electron chi connectivity index (χ3n) is 0.484. The molecule has 0 saturated heterocycles. The summed E-state index contributed by atoms with van der Waals surface area (Å²) in [5.41, 5.74) is 0. The average Bonchev–Trinajstić information content (AvgIpc) is 1.66. The Kier molecular flexibility index (Phi) is 5.57. The molecule has 3 nitrogen and oxygen atoms in total. The van der Waals surface area contributed by atoms with Crippen molar-refractivity contribution in [2.24, 2.45) is 0 Å². The smallest absolute Gasteiger partial charge is 0.257 e. The van der Waals surface area contributed by atoms with E-state index < -0.39 is 11.0 Å². The monoisotopic (exact) mass is 156 g/mol. The number of hydrogen-bond acceptors (Lipinski definition) is 4. The zero-order valence-corrected chi connectivity index (χ0v) is 6.21. The summed E-state index contributed by atoms with van der Waals surface area (Å²) in [6.45, 7) is 0.292. The van der Waals surface area contributed by atoms with Crippen molar-refractivity contribution in [1.29, 1.82) is 0 Å². The van der Waals surface area contributed by atoms with Gasteiger partial charge in [0.05, 0.1) is 6.61 Å². The normalized spacial score (nSPS) is 10.2. The molecule has 0 radical (unpaired) electrons. The molecular formula is C3H8O3S2. The summed E-state index contributed by atoms with van der Waals surface area (Å²) in [5.74, 6) is 0.726. The molecule has 50 valence electrons. The Labute approximate surface area is 54.6 Å². The van der Waals surface area contributed by atoms with Crippen molar-refractivity contribution in [2.75, 3.05) is 18.6 Å². The third kappa shape index (κ3) is 6.26. The lowest BCUT2D eigenvalue weighted by Crippen LogP contribution is -1.93. The van der Waals surface area contributed by atoms with Crippen LogP contribution < -0.4 is 0 Å². The second-order valence-electron chi connectivity index (χ2n) is 1.05. The minimum atomic E-state index is -2.63. The van der Waals surface area contributed by atoms with Gasteiger partial charge in [0.1, 0.15) is 0 Å². The van der Waals surface area contributed by atoms with E-state index in [2.05, 4.69) is 4.18 Å². The van der Waals surface area contributed by atoms with Gasteiger partial charge in [0.2, 0.25) is 0 Å². The van der Waals surface area contributed by atoms with Gasteiger partial charge in [0, 0.05) is 5.75 Å². The Morgan fingerprint density at radius 2 is 2.25 bits per heavy atom. The van der Waals surface area contributed by atoms with E-state index in [1.54, 1.807) is 11.8 Å². The molecule has 0 bridgehead atoms. The van der Waals surface area contributed by atoms with Crippen molar-refractivity contribution < 1.29 is 12.6 Å². The summed E-state index contributed by atoms with van der Waals surface area (Å²) in [6.07, 6.45) is 1.89. The van der Waals surface area contributed by atoms with E-state index >= 15 is 0 Å². The molecule has 0 saturated carbocycles. The molecule has 0 aliphatic rings. The Bertz CT molecular complexity index is 101. The topological polar surface area (TPSA) is 43.4 Å². The van der Waals surface area contributed by atoms with E-state index in [1.165, 1.54) is 0 Å². The van der Waals surface area contributed by atoms with E-state index in [4.69, 9.17) is 0 Å². The largest absolute Gasteiger partial charge is 0.271 e. The molecular weight excluding hydrogens is 148 g/mol. The fourth-order valence-corrected chi connectivity index (χ4v) is 0.809. The Hall–Kier alpha value is 0.260. The lowest BCUT2D eigenvalue weighted by Gasteiger charge is -1.89. The van der Waals surface area contributed by atoms with Gasteiger partial charge in [0.15, 0.2) is 0 Å². The molecule has 0 aromatic carbocycles. The molecule has 8 heavy (non-hydrogen) atoms. The van der Waals surface area contributed by atoms with Crippen molar-refractivity contribution in [3.63, 3.8) is 0 Å². The van der Waals surface area contributed by atoms with Crippen LogP contribution in [0.1, 0.15) is 0 Å². The van der Waals surface area contributed by atoms with Gasteiger partial charge >= 0.3 is 0 Å². The fraction of sp³-hybridized carbons (Fsp3) is 1.00. The maximum atomic E-state index is 9.68. The molecule has 0 aromatic rings. The van der Waals surface area contributed by atoms with Crippen LogP contribution in [0.2, 0.25) is 0 Å². The van der Waals surface area contributed by atoms with E-state index in [0.29, 0.717) is 6.61 Å². The van der Waals surface area contributed by atoms with Crippen LogP contribution in [0.3, 0.4) is 0 Å². The van der Waals surface area contributed by atoms with Crippen molar-refractivity contribution in [1.82, 2.24) is 0 Å². The van der Waals surface area contributed by atoms with Gasteiger partial charge < -0.3 is 0 Å². The van der Waals surface area contributed by atoms with Crippen molar-refractivity contribution >= 4 is 22.7 Å². The quantitative estimate of drug-likeness (QED) is 0.455. The second-order valence-corrected chi connectivity index (χ2v) is 2.74. The van der Waals surface area contributed by atoms with Gasteiger partial charge in [-0.15, -0.1) is 0 Å². The Morgan fingerprint density at radius 3 is 2.62 bits per heavy atom. The summed E-state index contributed by atoms with van der Waals surface area (Å²) in [4.78, 5) is 0. The van der Waals surface area contributed by atoms with Gasteiger partial charge in [-0.3, -0.25) is 4.18 Å². The Balaban J connectivity index is 2.94. The van der Waals surface area contributed by atoms with Crippen LogP contribution >= 0.6 is 11.8 Å². The number of hydrogen-bond donors (Lipinski definition) is 1. The maximum Gasteiger partial charge on any atom is 0.257 e. The Morgan fingerprint density at radius 1 is 1.62 bits per heavy atom. The number of thioether (sulfide) groups is 1. The average molecular weight is 156 g/mol. The molecule has 0 fully saturated rings. The van der Waals surface area contributed by atoms with Gasteiger partial charge in [-0.05, 0) is 6.26 Å². The highest BCUT2D eigenvalue weighted by atomic mass is 32.2. The van der Waals surface area contributed by atoms with Crippen LogP contribution in [0.4, 0.5) is 0 Å². The number of rotatable bonds is 4. The van der Waals surface area contributed by atoms with Crippen LogP contribution in [-0.4, -0.2) is 27.0 Å². The van der Waals surface area contributed by atoms with E-state index in [-0.39, 0.29) is 0 Å². The highest BCUT2D eigenvalue weighted by Crippen LogP contribution is 1.89. The summed E-state index contributed by atoms with van der Waals surface area (Å²) < 4.78 is 23.6. The molecule has 0 atom stereocenters. The first kappa shape index (κ1) is 8.26. The van der Waals surface area contributed by atoms with E-state index in [1.807, 2.05) is 6.26 Å². The van der Waals surface area contributed by atoms with Gasteiger partial charge in [-0.1, -0.05) is 0 Å². The van der Waals surface area contributed by atoms with Crippen LogP contribution in [0.25, 0.3) is 0 Å². The molecule has 0 aromatic heterocycles. The van der Waals surface area contributed by atoms with Crippen molar-refractivity contribution in [2.45, 2.75) is 0 Å². The fourth-order valence-electron chi connectivity index (χ4n) is 0.195. The van der Waals surface area contributed by atoms with Gasteiger partial charge in [-0.2, -0.15) is 11.8 Å². The molecule has 5 heteroatoms. The molecule has 0 amide bonds. The van der Waals surface area contributed by atoms with Crippen LogP contribution in [0, 0.1) is 0 Å². The summed E-state index contributed by atoms with van der Waals surface area (Å²) in [6, 6.07) is 0. The van der Waals surface area contributed by atoms with Crippen molar-refractivity contribution in [3.8, 4) is 0 Å². The van der Waals surface area contributed by atoms with Gasteiger partial charge in [0.25, 0.3) is 11.0 Å². The third-order valence-corrected chi connectivity index (χ3v) is 1.45. The summed E-state index contributed by atoms with van der Waals surface area (Å²) >= 11 is 1.55. The lowest BCUT2D eigenvalue weighted by molar-refractivity contribution is 0.358.